The van der Waals surface area contributed by atoms with Gasteiger partial charge in [0, 0.05) is 37.4 Å². The first-order chi connectivity index (χ1) is 7.46. The average Bonchev–Trinajstić information content (AvgIpc) is 2.54. The molecule has 0 saturated heterocycles. The van der Waals surface area contributed by atoms with E-state index >= 15 is 0 Å². The monoisotopic (exact) mass is 267 g/mol. The number of halogens is 1. The SMILES string of the molecule is CCOCCCc1nnc(S(=O)(=O)Cl)n1C. The minimum absolute atomic E-state index is 0.222. The lowest BCUT2D eigenvalue weighted by Crippen LogP contribution is -2.06. The van der Waals surface area contributed by atoms with Crippen LogP contribution in [0.25, 0.3) is 0 Å². The number of nitrogens with zero attached hydrogens (tertiary/aromatic N) is 3. The molecule has 0 radical (unpaired) electrons. The summed E-state index contributed by atoms with van der Waals surface area (Å²) in [6, 6.07) is 0. The summed E-state index contributed by atoms with van der Waals surface area (Å²) in [5.74, 6) is 0.582. The Labute approximate surface area is 99.0 Å². The third kappa shape index (κ3) is 3.43. The summed E-state index contributed by atoms with van der Waals surface area (Å²) in [5, 5.41) is 7.09. The zero-order valence-corrected chi connectivity index (χ0v) is 10.8. The third-order valence-electron chi connectivity index (χ3n) is 2.04. The normalized spacial score (nSPS) is 11.9. The predicted molar refractivity (Wildman–Crippen MR) is 58.9 cm³/mol. The molecule has 92 valence electrons. The van der Waals surface area contributed by atoms with Crippen LogP contribution in [0.5, 0.6) is 0 Å². The van der Waals surface area contributed by atoms with Gasteiger partial charge in [0.1, 0.15) is 5.82 Å². The van der Waals surface area contributed by atoms with Gasteiger partial charge in [0.15, 0.2) is 0 Å². The summed E-state index contributed by atoms with van der Waals surface area (Å²) in [6.07, 6.45) is 1.37. The number of aromatic nitrogens is 3. The van der Waals surface area contributed by atoms with Crippen LogP contribution >= 0.6 is 10.7 Å². The van der Waals surface area contributed by atoms with Crippen LogP contribution in [0.15, 0.2) is 5.16 Å². The second-order valence-electron chi connectivity index (χ2n) is 3.20. The molecule has 1 aromatic heterocycles. The molecule has 1 aromatic rings. The quantitative estimate of drug-likeness (QED) is 0.561. The molecular weight excluding hydrogens is 254 g/mol. The number of ether oxygens (including phenoxy) is 1. The zero-order valence-electron chi connectivity index (χ0n) is 9.18. The molecule has 1 heterocycles. The molecule has 8 heteroatoms. The van der Waals surface area contributed by atoms with Crippen molar-refractivity contribution in [3.05, 3.63) is 5.82 Å². The summed E-state index contributed by atoms with van der Waals surface area (Å²) >= 11 is 0. The molecule has 0 aliphatic carbocycles. The largest absolute Gasteiger partial charge is 0.382 e. The van der Waals surface area contributed by atoms with Gasteiger partial charge >= 0.3 is 0 Å². The van der Waals surface area contributed by atoms with Gasteiger partial charge in [-0.2, -0.15) is 0 Å². The molecule has 0 saturated carbocycles. The van der Waals surface area contributed by atoms with Crippen LogP contribution in [0, 0.1) is 0 Å². The van der Waals surface area contributed by atoms with E-state index in [9.17, 15) is 8.42 Å². The maximum absolute atomic E-state index is 11.1. The van der Waals surface area contributed by atoms with E-state index in [0.29, 0.717) is 25.5 Å². The van der Waals surface area contributed by atoms with E-state index in [1.54, 1.807) is 7.05 Å². The Hall–Kier alpha value is -0.660. The predicted octanol–water partition coefficient (Wildman–Crippen LogP) is 0.712. The fourth-order valence-electron chi connectivity index (χ4n) is 1.25. The minimum Gasteiger partial charge on any atom is -0.382 e. The Kier molecular flexibility index (Phi) is 4.69. The highest BCUT2D eigenvalue weighted by atomic mass is 35.7. The van der Waals surface area contributed by atoms with Crippen molar-refractivity contribution in [2.75, 3.05) is 13.2 Å². The van der Waals surface area contributed by atoms with Crippen LogP contribution in [0.4, 0.5) is 0 Å². The first-order valence-corrected chi connectivity index (χ1v) is 7.18. The molecule has 1 rings (SSSR count). The number of hydrogen-bond donors (Lipinski definition) is 0. The molecule has 6 nitrogen and oxygen atoms in total. The summed E-state index contributed by atoms with van der Waals surface area (Å²) in [6.45, 7) is 3.20. The van der Waals surface area contributed by atoms with Gasteiger partial charge in [0.2, 0.25) is 0 Å². The highest BCUT2D eigenvalue weighted by Crippen LogP contribution is 2.12. The number of rotatable bonds is 6. The molecule has 0 aromatic carbocycles. The van der Waals surface area contributed by atoms with Crippen LogP contribution in [0.2, 0.25) is 0 Å². The van der Waals surface area contributed by atoms with Crippen LogP contribution < -0.4 is 0 Å². The summed E-state index contributed by atoms with van der Waals surface area (Å²) in [7, 11) is 2.94. The van der Waals surface area contributed by atoms with Crippen LogP contribution in [0.3, 0.4) is 0 Å². The van der Waals surface area contributed by atoms with Crippen molar-refractivity contribution >= 4 is 19.7 Å². The van der Waals surface area contributed by atoms with Gasteiger partial charge in [-0.05, 0) is 13.3 Å². The second-order valence-corrected chi connectivity index (χ2v) is 5.66. The summed E-state index contributed by atoms with van der Waals surface area (Å²) in [4.78, 5) is 0. The molecule has 0 N–H and O–H groups in total. The minimum atomic E-state index is -3.82. The molecule has 0 aliphatic rings. The van der Waals surface area contributed by atoms with E-state index in [1.165, 1.54) is 4.57 Å². The lowest BCUT2D eigenvalue weighted by molar-refractivity contribution is 0.144. The first kappa shape index (κ1) is 13.4. The van der Waals surface area contributed by atoms with Gasteiger partial charge in [0.05, 0.1) is 0 Å². The molecule has 0 amide bonds. The van der Waals surface area contributed by atoms with Gasteiger partial charge in [-0.3, -0.25) is 0 Å². The van der Waals surface area contributed by atoms with Gasteiger partial charge in [-0.15, -0.1) is 10.2 Å². The van der Waals surface area contributed by atoms with Crippen molar-refractivity contribution in [2.24, 2.45) is 7.05 Å². The van der Waals surface area contributed by atoms with Gasteiger partial charge in [-0.1, -0.05) is 0 Å². The van der Waals surface area contributed by atoms with E-state index < -0.39 is 9.05 Å². The summed E-state index contributed by atoms with van der Waals surface area (Å²) in [5.41, 5.74) is 0. The van der Waals surface area contributed by atoms with Crippen molar-refractivity contribution in [1.29, 1.82) is 0 Å². The Morgan fingerprint density at radius 3 is 2.62 bits per heavy atom. The molecular formula is C8H14ClN3O3S. The van der Waals surface area contributed by atoms with Crippen molar-refractivity contribution in [3.8, 4) is 0 Å². The molecule has 0 bridgehead atoms. The van der Waals surface area contributed by atoms with E-state index in [-0.39, 0.29) is 5.16 Å². The van der Waals surface area contributed by atoms with Crippen LogP contribution in [-0.2, 0) is 27.3 Å². The van der Waals surface area contributed by atoms with E-state index in [4.69, 9.17) is 15.4 Å². The van der Waals surface area contributed by atoms with Gasteiger partial charge < -0.3 is 9.30 Å². The van der Waals surface area contributed by atoms with Crippen molar-refractivity contribution in [1.82, 2.24) is 14.8 Å². The standard InChI is InChI=1S/C8H14ClN3O3S/c1-3-15-6-4-5-7-10-11-8(12(7)2)16(9,13)14/h3-6H2,1-2H3. The van der Waals surface area contributed by atoms with E-state index in [1.807, 2.05) is 6.92 Å². The maximum Gasteiger partial charge on any atom is 0.296 e. The molecule has 0 atom stereocenters. The fourth-order valence-corrected chi connectivity index (χ4v) is 2.23. The Balaban J connectivity index is 2.66. The highest BCUT2D eigenvalue weighted by Gasteiger charge is 2.19. The number of aryl methyl sites for hydroxylation is 1. The Morgan fingerprint density at radius 1 is 1.44 bits per heavy atom. The number of hydrogen-bond acceptors (Lipinski definition) is 5. The Bertz CT molecular complexity index is 443. The topological polar surface area (TPSA) is 74.1 Å². The average molecular weight is 268 g/mol. The van der Waals surface area contributed by atoms with Crippen LogP contribution in [0.1, 0.15) is 19.2 Å². The van der Waals surface area contributed by atoms with E-state index in [0.717, 1.165) is 6.42 Å². The third-order valence-corrected chi connectivity index (χ3v) is 3.24. The smallest absolute Gasteiger partial charge is 0.296 e. The van der Waals surface area contributed by atoms with Crippen LogP contribution in [-0.4, -0.2) is 36.4 Å². The molecule has 0 spiro atoms. The highest BCUT2D eigenvalue weighted by molar-refractivity contribution is 8.13. The first-order valence-electron chi connectivity index (χ1n) is 4.87. The molecule has 16 heavy (non-hydrogen) atoms. The molecule has 0 unspecified atom stereocenters. The van der Waals surface area contributed by atoms with Crippen molar-refractivity contribution < 1.29 is 13.2 Å². The van der Waals surface area contributed by atoms with Gasteiger partial charge in [-0.25, -0.2) is 8.42 Å². The zero-order chi connectivity index (χ0) is 12.2. The summed E-state index contributed by atoms with van der Waals surface area (Å²) < 4.78 is 28.7. The van der Waals surface area contributed by atoms with Gasteiger partial charge in [0.25, 0.3) is 14.2 Å². The lowest BCUT2D eigenvalue weighted by Gasteiger charge is -2.02. The van der Waals surface area contributed by atoms with E-state index in [2.05, 4.69) is 10.2 Å². The molecule has 0 aliphatic heterocycles. The Morgan fingerprint density at radius 2 is 2.12 bits per heavy atom. The second kappa shape index (κ2) is 5.60. The van der Waals surface area contributed by atoms with Crippen molar-refractivity contribution in [2.45, 2.75) is 24.9 Å². The van der Waals surface area contributed by atoms with Crippen molar-refractivity contribution in [3.63, 3.8) is 0 Å². The maximum atomic E-state index is 11.1. The fraction of sp³-hybridized carbons (Fsp3) is 0.750. The molecule has 0 fully saturated rings. The lowest BCUT2D eigenvalue weighted by atomic mass is 10.3.